The Balaban J connectivity index is 1.81. The first kappa shape index (κ1) is 15.3. The lowest BCUT2D eigenvalue weighted by Gasteiger charge is -2.19. The van der Waals surface area contributed by atoms with Gasteiger partial charge in [-0.15, -0.1) is 0 Å². The predicted octanol–water partition coefficient (Wildman–Crippen LogP) is 4.98. The van der Waals surface area contributed by atoms with Crippen LogP contribution in [-0.4, -0.2) is 10.8 Å². The Morgan fingerprint density at radius 1 is 0.840 bits per heavy atom. The lowest BCUT2D eigenvalue weighted by atomic mass is 10.1. The Hall–Kier alpha value is -3.20. The minimum atomic E-state index is -0.396. The molecule has 1 aliphatic heterocycles. The van der Waals surface area contributed by atoms with Crippen LogP contribution in [0.3, 0.4) is 0 Å². The third-order valence-corrected chi connectivity index (χ3v) is 4.31. The SMILES string of the molecule is O=C1c2cc(F)ccc2/C(=C/c2ccccc2)N1Cc1ccccc1. The average Bonchev–Trinajstić information content (AvgIpc) is 2.89. The van der Waals surface area contributed by atoms with Crippen LogP contribution in [0.2, 0.25) is 0 Å². The van der Waals surface area contributed by atoms with Gasteiger partial charge in [-0.05, 0) is 35.4 Å². The van der Waals surface area contributed by atoms with E-state index in [0.717, 1.165) is 22.4 Å². The highest BCUT2D eigenvalue weighted by Crippen LogP contribution is 2.35. The van der Waals surface area contributed by atoms with Crippen LogP contribution in [0, 0.1) is 5.82 Å². The van der Waals surface area contributed by atoms with E-state index < -0.39 is 5.82 Å². The van der Waals surface area contributed by atoms with Crippen molar-refractivity contribution in [2.75, 3.05) is 0 Å². The number of fused-ring (bicyclic) bond motifs is 1. The Kier molecular flexibility index (Phi) is 3.90. The molecule has 0 atom stereocenters. The van der Waals surface area contributed by atoms with Gasteiger partial charge in [0.2, 0.25) is 0 Å². The monoisotopic (exact) mass is 329 g/mol. The molecule has 0 radical (unpaired) electrons. The fraction of sp³-hybridized carbons (Fsp3) is 0.0455. The second kappa shape index (κ2) is 6.36. The number of hydrogen-bond donors (Lipinski definition) is 0. The normalized spacial score (nSPS) is 14.8. The van der Waals surface area contributed by atoms with Crippen LogP contribution in [0.1, 0.15) is 27.0 Å². The van der Waals surface area contributed by atoms with E-state index in [-0.39, 0.29) is 5.91 Å². The van der Waals surface area contributed by atoms with Crippen molar-refractivity contribution >= 4 is 17.7 Å². The Bertz CT molecular complexity index is 948. The zero-order chi connectivity index (χ0) is 17.2. The van der Waals surface area contributed by atoms with Crippen LogP contribution in [0.15, 0.2) is 78.9 Å². The third-order valence-electron chi connectivity index (χ3n) is 4.31. The summed E-state index contributed by atoms with van der Waals surface area (Å²) >= 11 is 0. The largest absolute Gasteiger partial charge is 0.303 e. The first-order valence-corrected chi connectivity index (χ1v) is 8.15. The molecule has 1 amide bonds. The molecule has 4 rings (SSSR count). The topological polar surface area (TPSA) is 20.3 Å². The van der Waals surface area contributed by atoms with Crippen molar-refractivity contribution < 1.29 is 9.18 Å². The van der Waals surface area contributed by atoms with E-state index in [9.17, 15) is 9.18 Å². The smallest absolute Gasteiger partial charge is 0.259 e. The van der Waals surface area contributed by atoms with Gasteiger partial charge in [0, 0.05) is 5.56 Å². The van der Waals surface area contributed by atoms with E-state index in [1.54, 1.807) is 11.0 Å². The van der Waals surface area contributed by atoms with Crippen LogP contribution in [0.25, 0.3) is 11.8 Å². The summed E-state index contributed by atoms with van der Waals surface area (Å²) in [6, 6.07) is 24.0. The maximum atomic E-state index is 13.7. The predicted molar refractivity (Wildman–Crippen MR) is 97.0 cm³/mol. The molecule has 25 heavy (non-hydrogen) atoms. The lowest BCUT2D eigenvalue weighted by Crippen LogP contribution is -2.22. The van der Waals surface area contributed by atoms with Crippen LogP contribution >= 0.6 is 0 Å². The molecular formula is C22H16FNO. The molecule has 3 heteroatoms. The van der Waals surface area contributed by atoms with Crippen molar-refractivity contribution in [2.45, 2.75) is 6.54 Å². The zero-order valence-electron chi connectivity index (χ0n) is 13.5. The van der Waals surface area contributed by atoms with Crippen LogP contribution < -0.4 is 0 Å². The van der Waals surface area contributed by atoms with Gasteiger partial charge in [-0.2, -0.15) is 0 Å². The van der Waals surface area contributed by atoms with Crippen LogP contribution in [0.5, 0.6) is 0 Å². The molecule has 0 aliphatic carbocycles. The molecule has 0 saturated carbocycles. The van der Waals surface area contributed by atoms with Crippen molar-refractivity contribution in [1.82, 2.24) is 4.90 Å². The number of nitrogens with zero attached hydrogens (tertiary/aromatic N) is 1. The Labute approximate surface area is 145 Å². The van der Waals surface area contributed by atoms with Gasteiger partial charge in [-0.1, -0.05) is 60.7 Å². The molecule has 3 aromatic rings. The highest BCUT2D eigenvalue weighted by atomic mass is 19.1. The van der Waals surface area contributed by atoms with Gasteiger partial charge in [0.15, 0.2) is 0 Å². The fourth-order valence-corrected chi connectivity index (χ4v) is 3.10. The van der Waals surface area contributed by atoms with E-state index in [0.29, 0.717) is 12.1 Å². The molecule has 0 fully saturated rings. The van der Waals surface area contributed by atoms with Crippen LogP contribution in [0.4, 0.5) is 4.39 Å². The summed E-state index contributed by atoms with van der Waals surface area (Å²) in [7, 11) is 0. The molecule has 0 saturated heterocycles. The molecule has 2 nitrogen and oxygen atoms in total. The number of rotatable bonds is 3. The van der Waals surface area contributed by atoms with Gasteiger partial charge in [0.05, 0.1) is 17.8 Å². The molecule has 1 aliphatic rings. The number of amides is 1. The molecule has 0 aromatic heterocycles. The Morgan fingerprint density at radius 3 is 2.24 bits per heavy atom. The van der Waals surface area contributed by atoms with Gasteiger partial charge < -0.3 is 4.90 Å². The summed E-state index contributed by atoms with van der Waals surface area (Å²) in [4.78, 5) is 14.6. The van der Waals surface area contributed by atoms with Crippen molar-refractivity contribution in [3.63, 3.8) is 0 Å². The fourth-order valence-electron chi connectivity index (χ4n) is 3.10. The molecule has 0 bridgehead atoms. The van der Waals surface area contributed by atoms with Gasteiger partial charge in [0.25, 0.3) is 5.91 Å². The number of hydrogen-bond acceptors (Lipinski definition) is 1. The van der Waals surface area contributed by atoms with Crippen LogP contribution in [-0.2, 0) is 6.54 Å². The molecule has 1 heterocycles. The number of benzene rings is 3. The molecule has 0 spiro atoms. The lowest BCUT2D eigenvalue weighted by molar-refractivity contribution is 0.0843. The number of carbonyl (C=O) groups is 1. The average molecular weight is 329 g/mol. The van der Waals surface area contributed by atoms with E-state index in [1.807, 2.05) is 66.7 Å². The van der Waals surface area contributed by atoms with E-state index >= 15 is 0 Å². The minimum Gasteiger partial charge on any atom is -0.303 e. The molecule has 0 N–H and O–H groups in total. The highest BCUT2D eigenvalue weighted by Gasteiger charge is 2.32. The van der Waals surface area contributed by atoms with E-state index in [2.05, 4.69) is 0 Å². The van der Waals surface area contributed by atoms with E-state index in [4.69, 9.17) is 0 Å². The highest BCUT2D eigenvalue weighted by molar-refractivity contribution is 6.11. The summed E-state index contributed by atoms with van der Waals surface area (Å²) in [6.07, 6.45) is 1.98. The molecule has 3 aromatic carbocycles. The first-order chi connectivity index (χ1) is 12.2. The van der Waals surface area contributed by atoms with Gasteiger partial charge >= 0.3 is 0 Å². The summed E-state index contributed by atoms with van der Waals surface area (Å²) in [6.45, 7) is 0.453. The summed E-state index contributed by atoms with van der Waals surface area (Å²) < 4.78 is 13.7. The van der Waals surface area contributed by atoms with E-state index in [1.165, 1.54) is 12.1 Å². The second-order valence-corrected chi connectivity index (χ2v) is 6.01. The van der Waals surface area contributed by atoms with Gasteiger partial charge in [0.1, 0.15) is 5.82 Å². The molecular weight excluding hydrogens is 313 g/mol. The first-order valence-electron chi connectivity index (χ1n) is 8.15. The van der Waals surface area contributed by atoms with Crippen molar-refractivity contribution in [3.05, 3.63) is 107 Å². The molecule has 0 unspecified atom stereocenters. The summed E-state index contributed by atoms with van der Waals surface area (Å²) in [5.74, 6) is -0.562. The quantitative estimate of drug-likeness (QED) is 0.663. The van der Waals surface area contributed by atoms with Crippen molar-refractivity contribution in [2.24, 2.45) is 0 Å². The second-order valence-electron chi connectivity index (χ2n) is 6.01. The van der Waals surface area contributed by atoms with Crippen molar-refractivity contribution in [1.29, 1.82) is 0 Å². The number of halogens is 1. The third kappa shape index (κ3) is 2.96. The van der Waals surface area contributed by atoms with Gasteiger partial charge in [-0.25, -0.2) is 4.39 Å². The molecule has 122 valence electrons. The van der Waals surface area contributed by atoms with Gasteiger partial charge in [-0.3, -0.25) is 4.79 Å². The zero-order valence-corrected chi connectivity index (χ0v) is 13.5. The summed E-state index contributed by atoms with van der Waals surface area (Å²) in [5, 5.41) is 0. The Morgan fingerprint density at radius 2 is 1.52 bits per heavy atom. The minimum absolute atomic E-state index is 0.166. The maximum absolute atomic E-state index is 13.7. The maximum Gasteiger partial charge on any atom is 0.259 e. The summed E-state index contributed by atoms with van der Waals surface area (Å²) in [5.41, 5.74) is 4.02. The van der Waals surface area contributed by atoms with Crippen molar-refractivity contribution in [3.8, 4) is 0 Å². The standard InChI is InChI=1S/C22H16FNO/c23-18-11-12-19-20(14-18)22(25)24(15-17-9-5-2-6-10-17)21(19)13-16-7-3-1-4-8-16/h1-14H,15H2/b21-13-. The number of carbonyl (C=O) groups excluding carboxylic acids is 1.